The van der Waals surface area contributed by atoms with Crippen molar-refractivity contribution in [3.8, 4) is 5.75 Å². The van der Waals surface area contributed by atoms with Gasteiger partial charge in [0.1, 0.15) is 0 Å². The van der Waals surface area contributed by atoms with Crippen LogP contribution in [-0.2, 0) is 0 Å². The van der Waals surface area contributed by atoms with E-state index in [-0.39, 0.29) is 0 Å². The summed E-state index contributed by atoms with van der Waals surface area (Å²) in [6, 6.07) is 19.8. The van der Waals surface area contributed by atoms with E-state index in [0.29, 0.717) is 0 Å². The van der Waals surface area contributed by atoms with E-state index in [9.17, 15) is 0 Å². The summed E-state index contributed by atoms with van der Waals surface area (Å²) < 4.78 is 11.8. The zero-order valence-electron chi connectivity index (χ0n) is 19.0. The molecular formula is C27H40OSn. The van der Waals surface area contributed by atoms with Gasteiger partial charge < -0.3 is 0 Å². The predicted octanol–water partition coefficient (Wildman–Crippen LogP) is 8.62. The average Bonchev–Trinajstić information content (AvgIpc) is 2.78. The zero-order valence-corrected chi connectivity index (χ0v) is 21.9. The maximum atomic E-state index is 5.72. The SMILES string of the molecule is CCC[CH2][Sn]([CH2]CCC)([CH2]CCC)/[C](=C/c1ccccc1OC)c1ccccc1. The Kier molecular flexibility index (Phi) is 10.9. The molecule has 0 aliphatic rings. The second kappa shape index (κ2) is 13.2. The first-order chi connectivity index (χ1) is 14.2. The quantitative estimate of drug-likeness (QED) is 0.198. The van der Waals surface area contributed by atoms with Crippen LogP contribution in [-0.4, -0.2) is 25.5 Å². The van der Waals surface area contributed by atoms with Crippen molar-refractivity contribution in [2.24, 2.45) is 0 Å². The molecule has 2 aromatic carbocycles. The van der Waals surface area contributed by atoms with Crippen LogP contribution in [0.3, 0.4) is 0 Å². The van der Waals surface area contributed by atoms with Gasteiger partial charge in [0.15, 0.2) is 0 Å². The molecule has 0 N–H and O–H groups in total. The van der Waals surface area contributed by atoms with Crippen LogP contribution in [0.2, 0.25) is 13.3 Å². The summed E-state index contributed by atoms with van der Waals surface area (Å²) >= 11 is -2.60. The molecule has 2 rings (SSSR count). The fraction of sp³-hybridized carbons (Fsp3) is 0.481. The third-order valence-corrected chi connectivity index (χ3v) is 21.8. The molecule has 0 aliphatic carbocycles. The van der Waals surface area contributed by atoms with Crippen LogP contribution in [0.1, 0.15) is 70.4 Å². The fourth-order valence-corrected chi connectivity index (χ4v) is 21.2. The molecule has 0 bridgehead atoms. The summed E-state index contributed by atoms with van der Waals surface area (Å²) in [6.45, 7) is 7.05. The van der Waals surface area contributed by atoms with Gasteiger partial charge in [-0.2, -0.15) is 0 Å². The molecule has 0 aromatic heterocycles. The minimum absolute atomic E-state index is 0.989. The molecule has 0 atom stereocenters. The molecule has 2 heteroatoms. The van der Waals surface area contributed by atoms with Crippen LogP contribution >= 0.6 is 0 Å². The molecule has 158 valence electrons. The summed E-state index contributed by atoms with van der Waals surface area (Å²) in [4.78, 5) is 0. The average molecular weight is 499 g/mol. The van der Waals surface area contributed by atoms with Crippen molar-refractivity contribution in [1.29, 1.82) is 0 Å². The molecule has 0 amide bonds. The Bertz CT molecular complexity index is 713. The Hall–Kier alpha value is -1.22. The van der Waals surface area contributed by atoms with Crippen molar-refractivity contribution in [2.45, 2.75) is 72.6 Å². The number of hydrogen-bond acceptors (Lipinski definition) is 1. The topological polar surface area (TPSA) is 9.23 Å². The van der Waals surface area contributed by atoms with Crippen molar-refractivity contribution >= 4 is 28.0 Å². The minimum atomic E-state index is -2.60. The van der Waals surface area contributed by atoms with Gasteiger partial charge in [-0.3, -0.25) is 0 Å². The number of rotatable bonds is 13. The first-order valence-corrected chi connectivity index (χ1v) is 19.1. The number of methoxy groups -OCH3 is 1. The molecule has 0 radical (unpaired) electrons. The molecule has 0 spiro atoms. The van der Waals surface area contributed by atoms with E-state index in [1.807, 2.05) is 0 Å². The Morgan fingerprint density at radius 2 is 1.28 bits per heavy atom. The number of ether oxygens (including phenoxy) is 1. The van der Waals surface area contributed by atoms with Crippen LogP contribution in [0.15, 0.2) is 54.6 Å². The van der Waals surface area contributed by atoms with Crippen LogP contribution < -0.4 is 4.74 Å². The Balaban J connectivity index is 2.66. The Morgan fingerprint density at radius 3 is 1.79 bits per heavy atom. The summed E-state index contributed by atoms with van der Waals surface area (Å²) in [5.74, 6) is 0.989. The Labute approximate surface area is 183 Å². The van der Waals surface area contributed by atoms with E-state index in [1.165, 1.54) is 63.0 Å². The molecule has 0 aliphatic heterocycles. The van der Waals surface area contributed by atoms with Crippen LogP contribution in [0.25, 0.3) is 9.67 Å². The van der Waals surface area contributed by atoms with Crippen molar-refractivity contribution in [3.63, 3.8) is 0 Å². The number of para-hydroxylation sites is 1. The van der Waals surface area contributed by atoms with Gasteiger partial charge in [0.25, 0.3) is 0 Å². The van der Waals surface area contributed by atoms with Gasteiger partial charge >= 0.3 is 184 Å². The molecule has 1 nitrogen and oxygen atoms in total. The van der Waals surface area contributed by atoms with Gasteiger partial charge in [-0.1, -0.05) is 0 Å². The van der Waals surface area contributed by atoms with E-state index in [1.54, 1.807) is 10.7 Å². The summed E-state index contributed by atoms with van der Waals surface area (Å²) in [7, 11) is 1.79. The van der Waals surface area contributed by atoms with E-state index in [4.69, 9.17) is 4.74 Å². The van der Waals surface area contributed by atoms with Gasteiger partial charge in [-0.05, 0) is 0 Å². The molecule has 0 saturated carbocycles. The van der Waals surface area contributed by atoms with E-state index >= 15 is 0 Å². The number of benzene rings is 2. The first kappa shape index (κ1) is 24.1. The molecule has 0 heterocycles. The van der Waals surface area contributed by atoms with E-state index in [2.05, 4.69) is 81.4 Å². The zero-order chi connectivity index (χ0) is 21.0. The van der Waals surface area contributed by atoms with Crippen LogP contribution in [0.5, 0.6) is 5.75 Å². The molecule has 29 heavy (non-hydrogen) atoms. The monoisotopic (exact) mass is 500 g/mol. The fourth-order valence-electron chi connectivity index (χ4n) is 4.43. The summed E-state index contributed by atoms with van der Waals surface area (Å²) in [5.41, 5.74) is 2.69. The third-order valence-electron chi connectivity index (χ3n) is 6.12. The van der Waals surface area contributed by atoms with Gasteiger partial charge in [-0.15, -0.1) is 0 Å². The van der Waals surface area contributed by atoms with Crippen molar-refractivity contribution in [2.75, 3.05) is 7.11 Å². The molecule has 0 fully saturated rings. The molecule has 0 saturated heterocycles. The predicted molar refractivity (Wildman–Crippen MR) is 132 cm³/mol. The van der Waals surface area contributed by atoms with E-state index < -0.39 is 18.4 Å². The van der Waals surface area contributed by atoms with Crippen molar-refractivity contribution < 1.29 is 4.74 Å². The second-order valence-electron chi connectivity index (χ2n) is 8.26. The third kappa shape index (κ3) is 6.91. The summed E-state index contributed by atoms with van der Waals surface area (Å²) in [5, 5.41) is 0. The van der Waals surface area contributed by atoms with Crippen molar-refractivity contribution in [1.82, 2.24) is 0 Å². The molecule has 2 aromatic rings. The molecule has 0 unspecified atom stereocenters. The second-order valence-corrected chi connectivity index (χ2v) is 21.4. The van der Waals surface area contributed by atoms with E-state index in [0.717, 1.165) is 5.75 Å². The van der Waals surface area contributed by atoms with Gasteiger partial charge in [-0.25, -0.2) is 0 Å². The van der Waals surface area contributed by atoms with Gasteiger partial charge in [0, 0.05) is 0 Å². The van der Waals surface area contributed by atoms with Gasteiger partial charge in [0.05, 0.1) is 0 Å². The van der Waals surface area contributed by atoms with Crippen molar-refractivity contribution in [3.05, 3.63) is 65.7 Å². The van der Waals surface area contributed by atoms with Crippen LogP contribution in [0, 0.1) is 0 Å². The standard InChI is InChI=1S/C15H13O.3C4H9.Sn/c1-16-15-10-6-5-9-14(15)12-11-13-7-3-2-4-8-13;3*1-3-4-2;/h2-10,12H,1H3;3*1,3-4H2,2H3;. The summed E-state index contributed by atoms with van der Waals surface area (Å²) in [6.07, 6.45) is 10.5. The molecular weight excluding hydrogens is 459 g/mol. The Morgan fingerprint density at radius 1 is 0.759 bits per heavy atom. The number of hydrogen-bond donors (Lipinski definition) is 0. The number of unbranched alkanes of at least 4 members (excludes halogenated alkanes) is 3. The normalized spacial score (nSPS) is 12.2. The van der Waals surface area contributed by atoms with Crippen LogP contribution in [0.4, 0.5) is 0 Å². The first-order valence-electron chi connectivity index (χ1n) is 11.6. The van der Waals surface area contributed by atoms with Gasteiger partial charge in [0.2, 0.25) is 0 Å². The maximum absolute atomic E-state index is 5.72.